The van der Waals surface area contributed by atoms with Gasteiger partial charge in [-0.2, -0.15) is 0 Å². The summed E-state index contributed by atoms with van der Waals surface area (Å²) in [5.41, 5.74) is 25.1. The molecule has 3 heterocycles. The second-order valence-corrected chi connectivity index (χ2v) is 27.3. The summed E-state index contributed by atoms with van der Waals surface area (Å²) in [5.74, 6) is 0. The van der Waals surface area contributed by atoms with Crippen LogP contribution in [0.4, 0.5) is 51.2 Å². The van der Waals surface area contributed by atoms with Crippen LogP contribution in [-0.2, 0) is 5.41 Å². The van der Waals surface area contributed by atoms with E-state index in [4.69, 9.17) is 0 Å². The quantitative estimate of drug-likeness (QED) is 0.120. The van der Waals surface area contributed by atoms with Crippen LogP contribution in [0.2, 0.25) is 0 Å². The molecule has 0 saturated heterocycles. The van der Waals surface area contributed by atoms with Crippen molar-refractivity contribution in [2.75, 3.05) is 14.7 Å². The van der Waals surface area contributed by atoms with Gasteiger partial charge in [0.15, 0.2) is 0 Å². The molecular formula is C82H60BN3SSe. The van der Waals surface area contributed by atoms with Gasteiger partial charge in [-0.3, -0.25) is 0 Å². The molecule has 418 valence electrons. The molecule has 88 heavy (non-hydrogen) atoms. The predicted molar refractivity (Wildman–Crippen MR) is 380 cm³/mol. The van der Waals surface area contributed by atoms with Gasteiger partial charge >= 0.3 is 530 Å². The van der Waals surface area contributed by atoms with E-state index in [9.17, 15) is 0 Å². The number of hydrogen-bond acceptors (Lipinski definition) is 4. The molecule has 1 aromatic heterocycles. The number of rotatable bonds is 11. The van der Waals surface area contributed by atoms with Gasteiger partial charge in [0.05, 0.1) is 0 Å². The van der Waals surface area contributed by atoms with Crippen molar-refractivity contribution in [1.82, 2.24) is 0 Å². The van der Waals surface area contributed by atoms with Crippen molar-refractivity contribution in [2.45, 2.75) is 26.2 Å². The molecule has 6 heteroatoms. The van der Waals surface area contributed by atoms with Crippen molar-refractivity contribution in [1.29, 1.82) is 0 Å². The molecule has 13 aromatic carbocycles. The van der Waals surface area contributed by atoms with Gasteiger partial charge in [0.2, 0.25) is 0 Å². The first-order valence-electron chi connectivity index (χ1n) is 30.3. The SMILES string of the molecule is CC(C)(C)c1ccc(N2c3cc(N(c4ccccc4)c4ccccc4)ccc3B3c4c(cc(-c5cc(-c6ccccc6)cc(-c6ccccc6)c5)cc42)[Se]c2cc(N(c4ccccc4)c4ccccc4)c4c(sc5ccccc54)c23)c(-c2ccccc2)c1. The van der Waals surface area contributed by atoms with Crippen molar-refractivity contribution in [2.24, 2.45) is 0 Å². The van der Waals surface area contributed by atoms with Gasteiger partial charge in [0.1, 0.15) is 0 Å². The molecule has 0 amide bonds. The van der Waals surface area contributed by atoms with Gasteiger partial charge in [-0.15, -0.1) is 0 Å². The molecule has 0 saturated carbocycles. The molecule has 3 nitrogen and oxygen atoms in total. The van der Waals surface area contributed by atoms with Crippen LogP contribution in [0, 0.1) is 0 Å². The molecule has 2 aliphatic rings. The number of thiophene rings is 1. The second-order valence-electron chi connectivity index (χ2n) is 24.0. The summed E-state index contributed by atoms with van der Waals surface area (Å²) in [7, 11) is 0. The van der Waals surface area contributed by atoms with E-state index in [1.165, 1.54) is 107 Å². The molecule has 16 rings (SSSR count). The Bertz CT molecular complexity index is 4780. The van der Waals surface area contributed by atoms with Crippen LogP contribution >= 0.6 is 11.3 Å². The maximum absolute atomic E-state index is 2.67. The van der Waals surface area contributed by atoms with Gasteiger partial charge in [-0.05, 0) is 0 Å². The van der Waals surface area contributed by atoms with Crippen LogP contribution in [0.5, 0.6) is 0 Å². The topological polar surface area (TPSA) is 9.72 Å². The summed E-state index contributed by atoms with van der Waals surface area (Å²) in [6, 6.07) is 115. The second kappa shape index (κ2) is 22.1. The third-order valence-electron chi connectivity index (χ3n) is 17.6. The molecule has 14 aromatic rings. The van der Waals surface area contributed by atoms with Crippen molar-refractivity contribution in [3.63, 3.8) is 0 Å². The number of benzene rings is 13. The van der Waals surface area contributed by atoms with E-state index in [1.54, 1.807) is 0 Å². The minimum atomic E-state index is -0.151. The Morgan fingerprint density at radius 1 is 0.364 bits per heavy atom. The number of nitrogens with zero attached hydrogens (tertiary/aromatic N) is 3. The summed E-state index contributed by atoms with van der Waals surface area (Å²) in [5, 5.41) is 2.57. The van der Waals surface area contributed by atoms with Crippen molar-refractivity contribution < 1.29 is 0 Å². The first kappa shape index (κ1) is 53.5. The van der Waals surface area contributed by atoms with Crippen LogP contribution in [0.3, 0.4) is 0 Å². The Hall–Kier alpha value is -9.94. The Morgan fingerprint density at radius 2 is 0.841 bits per heavy atom. The van der Waals surface area contributed by atoms with Crippen LogP contribution < -0.4 is 40.0 Å². The Morgan fingerprint density at radius 3 is 1.40 bits per heavy atom. The molecule has 0 spiro atoms. The molecule has 0 atom stereocenters. The van der Waals surface area contributed by atoms with Crippen LogP contribution in [-0.4, -0.2) is 21.7 Å². The van der Waals surface area contributed by atoms with Crippen molar-refractivity contribution in [3.05, 3.63) is 315 Å². The number of anilines is 9. The van der Waals surface area contributed by atoms with Crippen LogP contribution in [0.1, 0.15) is 26.3 Å². The Kier molecular flexibility index (Phi) is 13.4. The first-order valence-corrected chi connectivity index (χ1v) is 32.9. The predicted octanol–water partition coefficient (Wildman–Crippen LogP) is 19.2. The summed E-state index contributed by atoms with van der Waals surface area (Å²) in [6.45, 7) is 6.88. The Balaban J connectivity index is 1.04. The summed E-state index contributed by atoms with van der Waals surface area (Å²) in [4.78, 5) is 7.60. The number of para-hydroxylation sites is 4. The van der Waals surface area contributed by atoms with E-state index >= 15 is 0 Å². The summed E-state index contributed by atoms with van der Waals surface area (Å²) < 4.78 is 5.43. The average molecular weight is 1210 g/mol. The molecule has 0 radical (unpaired) electrons. The van der Waals surface area contributed by atoms with Crippen LogP contribution in [0.15, 0.2) is 309 Å². The summed E-state index contributed by atoms with van der Waals surface area (Å²) in [6.07, 6.45) is 0. The Labute approximate surface area is 526 Å². The fourth-order valence-corrected chi connectivity index (χ4v) is 17.5. The van der Waals surface area contributed by atoms with E-state index in [1.807, 2.05) is 11.3 Å². The van der Waals surface area contributed by atoms with E-state index < -0.39 is 0 Å². The number of fused-ring (bicyclic) bond motifs is 8. The van der Waals surface area contributed by atoms with Gasteiger partial charge in [0.25, 0.3) is 0 Å². The minimum absolute atomic E-state index is 0.0946. The molecule has 0 bridgehead atoms. The van der Waals surface area contributed by atoms with E-state index in [2.05, 4.69) is 345 Å². The van der Waals surface area contributed by atoms with Gasteiger partial charge in [-0.25, -0.2) is 0 Å². The molecule has 0 unspecified atom stereocenters. The number of hydrogen-bond donors (Lipinski definition) is 0. The molecular weight excluding hydrogens is 1150 g/mol. The van der Waals surface area contributed by atoms with Crippen LogP contribution in [0.25, 0.3) is 64.7 Å². The summed E-state index contributed by atoms with van der Waals surface area (Å²) >= 11 is 1.81. The maximum atomic E-state index is 2.67. The normalized spacial score (nSPS) is 12.4. The fraction of sp³-hybridized carbons (Fsp3) is 0.0488. The van der Waals surface area contributed by atoms with Crippen molar-refractivity contribution >= 4 is 130 Å². The zero-order valence-electron chi connectivity index (χ0n) is 49.2. The molecule has 2 aliphatic heterocycles. The molecule has 0 aliphatic carbocycles. The van der Waals surface area contributed by atoms with E-state index in [0.29, 0.717) is 0 Å². The van der Waals surface area contributed by atoms with Gasteiger partial charge in [-0.1, -0.05) is 0 Å². The zero-order valence-corrected chi connectivity index (χ0v) is 51.7. The fourth-order valence-electron chi connectivity index (χ4n) is 13.4. The molecule has 0 fully saturated rings. The molecule has 0 N–H and O–H groups in total. The average Bonchev–Trinajstić information content (AvgIpc) is 1.24. The van der Waals surface area contributed by atoms with E-state index in [-0.39, 0.29) is 27.1 Å². The third-order valence-corrected chi connectivity index (χ3v) is 21.1. The van der Waals surface area contributed by atoms with E-state index in [0.717, 1.165) is 39.8 Å². The third kappa shape index (κ3) is 9.44. The monoisotopic (exact) mass is 1210 g/mol. The van der Waals surface area contributed by atoms with Crippen molar-refractivity contribution in [3.8, 4) is 44.5 Å². The van der Waals surface area contributed by atoms with Gasteiger partial charge in [0, 0.05) is 0 Å². The zero-order chi connectivity index (χ0) is 58.9. The first-order chi connectivity index (χ1) is 43.3. The standard InChI is InChI=1S/C82H60BN3SSe/c1-82(2,3)62-43-46-71(69(52-62)57-31-15-6-16-32-57)86-72-53-67(84(63-33-17-7-18-34-63)64-35-19-8-20-36-64)44-45-70(72)83-79-74(86)50-61(60-48-58(55-27-11-4-12-28-55)47-59(49-60)56-29-13-5-14-30-56)51-76(79)88-77-54-73(78-68-41-25-26-42-75(68)87-81(78)80(77)83)85(65-37-21-9-22-38-65)66-39-23-10-24-40-66/h4-54H,1-3H3. The van der Waals surface area contributed by atoms with Gasteiger partial charge < -0.3 is 0 Å².